The number of hydrogen-bond acceptors (Lipinski definition) is 5. The van der Waals surface area contributed by atoms with Gasteiger partial charge in [0.05, 0.1) is 12.3 Å². The lowest BCUT2D eigenvalue weighted by Gasteiger charge is -2.15. The van der Waals surface area contributed by atoms with Crippen molar-refractivity contribution in [3.8, 4) is 0 Å². The Balaban J connectivity index is 1.59. The number of aryl methyl sites for hydroxylation is 3. The highest BCUT2D eigenvalue weighted by molar-refractivity contribution is 5.99. The Morgan fingerprint density at radius 1 is 1.00 bits per heavy atom. The second-order valence-electron chi connectivity index (χ2n) is 8.60. The Morgan fingerprint density at radius 2 is 1.75 bits per heavy atom. The molecule has 0 fully saturated rings. The normalized spacial score (nSPS) is 11.6. The summed E-state index contributed by atoms with van der Waals surface area (Å²) in [4.78, 5) is 43.7. The molecule has 4 rings (SSSR count). The van der Waals surface area contributed by atoms with Gasteiger partial charge in [-0.15, -0.1) is 0 Å². The number of benzene rings is 1. The molecule has 0 bridgehead atoms. The van der Waals surface area contributed by atoms with Gasteiger partial charge in [0.15, 0.2) is 0 Å². The minimum absolute atomic E-state index is 0.0959. The fourth-order valence-corrected chi connectivity index (χ4v) is 3.74. The molecule has 0 aliphatic heterocycles. The Kier molecular flexibility index (Phi) is 7.75. The topological polar surface area (TPSA) is 106 Å². The zero-order chi connectivity index (χ0) is 25.5. The first-order valence-electron chi connectivity index (χ1n) is 11.7. The monoisotopic (exact) mass is 484 g/mol. The molecule has 3 heterocycles. The molecule has 2 N–H and O–H groups in total. The molecule has 2 amide bonds. The molecule has 0 saturated heterocycles. The smallest absolute Gasteiger partial charge is 0.257 e. The van der Waals surface area contributed by atoms with Crippen molar-refractivity contribution in [3.05, 3.63) is 123 Å². The van der Waals surface area contributed by atoms with Crippen LogP contribution in [-0.2, 0) is 19.5 Å². The third kappa shape index (κ3) is 6.15. The molecule has 1 unspecified atom stereocenters. The van der Waals surface area contributed by atoms with Crippen LogP contribution in [0.5, 0.6) is 0 Å². The van der Waals surface area contributed by atoms with Gasteiger partial charge in [-0.3, -0.25) is 19.4 Å². The van der Waals surface area contributed by atoms with E-state index in [-0.39, 0.29) is 17.7 Å². The van der Waals surface area contributed by atoms with Crippen LogP contribution in [0.4, 0.5) is 0 Å². The lowest BCUT2D eigenvalue weighted by atomic mass is 10.1. The molecule has 0 saturated carbocycles. The summed E-state index contributed by atoms with van der Waals surface area (Å²) in [6, 6.07) is 16.4. The van der Waals surface area contributed by atoms with Gasteiger partial charge in [0.25, 0.3) is 11.8 Å². The number of carbonyl (C=O) groups is 2. The van der Waals surface area contributed by atoms with Crippen LogP contribution < -0.4 is 16.1 Å². The summed E-state index contributed by atoms with van der Waals surface area (Å²) < 4.78 is 7.03. The van der Waals surface area contributed by atoms with Crippen LogP contribution in [0, 0.1) is 6.92 Å². The molecule has 0 aliphatic rings. The summed E-state index contributed by atoms with van der Waals surface area (Å²) in [5, 5.41) is 5.57. The van der Waals surface area contributed by atoms with Crippen molar-refractivity contribution in [2.45, 2.75) is 39.4 Å². The average Bonchev–Trinajstić information content (AvgIpc) is 3.43. The van der Waals surface area contributed by atoms with E-state index < -0.39 is 23.3 Å². The van der Waals surface area contributed by atoms with E-state index in [0.717, 1.165) is 16.8 Å². The predicted molar refractivity (Wildman–Crippen MR) is 136 cm³/mol. The first-order chi connectivity index (χ1) is 17.4. The number of pyridine rings is 2. The van der Waals surface area contributed by atoms with Gasteiger partial charge in [0.2, 0.25) is 5.43 Å². The highest BCUT2D eigenvalue weighted by Crippen LogP contribution is 2.13. The van der Waals surface area contributed by atoms with E-state index in [1.807, 2.05) is 49.4 Å². The van der Waals surface area contributed by atoms with Crippen molar-refractivity contribution in [3.63, 3.8) is 0 Å². The molecule has 184 valence electrons. The van der Waals surface area contributed by atoms with Gasteiger partial charge in [-0.05, 0) is 43.7 Å². The zero-order valence-corrected chi connectivity index (χ0v) is 20.2. The van der Waals surface area contributed by atoms with Gasteiger partial charge >= 0.3 is 0 Å². The van der Waals surface area contributed by atoms with Gasteiger partial charge in [-0.2, -0.15) is 0 Å². The van der Waals surface area contributed by atoms with Crippen molar-refractivity contribution < 1.29 is 14.0 Å². The van der Waals surface area contributed by atoms with Crippen LogP contribution in [0.25, 0.3) is 0 Å². The van der Waals surface area contributed by atoms with E-state index in [4.69, 9.17) is 4.42 Å². The minimum Gasteiger partial charge on any atom is -0.467 e. The second-order valence-corrected chi connectivity index (χ2v) is 8.60. The Bertz CT molecular complexity index is 1380. The number of aromatic nitrogens is 2. The van der Waals surface area contributed by atoms with Crippen molar-refractivity contribution >= 4 is 11.8 Å². The maximum atomic E-state index is 13.2. The molecule has 0 radical (unpaired) electrons. The number of nitrogens with zero attached hydrogens (tertiary/aromatic N) is 2. The second kappa shape index (κ2) is 11.3. The summed E-state index contributed by atoms with van der Waals surface area (Å²) in [5.74, 6) is -0.560. The maximum Gasteiger partial charge on any atom is 0.257 e. The molecule has 4 aromatic rings. The lowest BCUT2D eigenvalue weighted by Crippen LogP contribution is -2.36. The molecular weight excluding hydrogens is 456 g/mol. The van der Waals surface area contributed by atoms with Gasteiger partial charge in [-0.1, -0.05) is 35.9 Å². The summed E-state index contributed by atoms with van der Waals surface area (Å²) in [7, 11) is 0. The first-order valence-corrected chi connectivity index (χ1v) is 11.7. The summed E-state index contributed by atoms with van der Waals surface area (Å²) >= 11 is 0. The van der Waals surface area contributed by atoms with E-state index in [1.165, 1.54) is 18.7 Å². The van der Waals surface area contributed by atoms with Crippen LogP contribution in [0.1, 0.15) is 56.3 Å². The third-order valence-corrected chi connectivity index (χ3v) is 5.81. The summed E-state index contributed by atoms with van der Waals surface area (Å²) in [6.45, 7) is 4.44. The van der Waals surface area contributed by atoms with Crippen molar-refractivity contribution in [2.75, 3.05) is 0 Å². The van der Waals surface area contributed by atoms with Crippen molar-refractivity contribution in [1.29, 1.82) is 0 Å². The zero-order valence-electron chi connectivity index (χ0n) is 20.2. The Labute approximate surface area is 209 Å². The van der Waals surface area contributed by atoms with E-state index in [9.17, 15) is 14.4 Å². The standard InChI is InChI=1S/C28H28N4O4/c1-19-8-10-21(11-9-19)16-30-27(34)23-17-32(14-12-22-6-3-4-13-29-22)18-24(26(23)33)28(35)31-20(2)25-7-5-15-36-25/h3-11,13,15,17-18,20H,12,14,16H2,1-2H3,(H,30,34)(H,31,35). The van der Waals surface area contributed by atoms with Gasteiger partial charge in [0, 0.05) is 43.8 Å². The van der Waals surface area contributed by atoms with Gasteiger partial charge in [0.1, 0.15) is 16.9 Å². The first kappa shape index (κ1) is 24.7. The molecule has 1 aromatic carbocycles. The van der Waals surface area contributed by atoms with E-state index in [1.54, 1.807) is 29.8 Å². The predicted octanol–water partition coefficient (Wildman–Crippen LogP) is 3.81. The van der Waals surface area contributed by atoms with Crippen LogP contribution in [0.2, 0.25) is 0 Å². The average molecular weight is 485 g/mol. The number of carbonyl (C=O) groups excluding carboxylic acids is 2. The largest absolute Gasteiger partial charge is 0.467 e. The molecule has 36 heavy (non-hydrogen) atoms. The number of rotatable bonds is 9. The molecule has 8 heteroatoms. The van der Waals surface area contributed by atoms with Crippen LogP contribution >= 0.6 is 0 Å². The van der Waals surface area contributed by atoms with E-state index >= 15 is 0 Å². The molecule has 3 aromatic heterocycles. The van der Waals surface area contributed by atoms with Crippen LogP contribution in [0.15, 0.2) is 88.7 Å². The van der Waals surface area contributed by atoms with Gasteiger partial charge < -0.3 is 19.6 Å². The number of hydrogen-bond donors (Lipinski definition) is 2. The van der Waals surface area contributed by atoms with E-state index in [0.29, 0.717) is 18.7 Å². The number of amides is 2. The fraction of sp³-hybridized carbons (Fsp3) is 0.214. The molecular formula is C28H28N4O4. The summed E-state index contributed by atoms with van der Waals surface area (Å²) in [6.07, 6.45) is 6.76. The van der Waals surface area contributed by atoms with Crippen LogP contribution in [0.3, 0.4) is 0 Å². The SMILES string of the molecule is Cc1ccc(CNC(=O)c2cn(CCc3ccccn3)cc(C(=O)NC(C)c3ccco3)c2=O)cc1. The summed E-state index contributed by atoms with van der Waals surface area (Å²) in [5.41, 5.74) is 2.04. The number of nitrogens with one attached hydrogen (secondary N) is 2. The van der Waals surface area contributed by atoms with Gasteiger partial charge in [-0.25, -0.2) is 0 Å². The highest BCUT2D eigenvalue weighted by Gasteiger charge is 2.21. The Morgan fingerprint density at radius 3 is 2.42 bits per heavy atom. The quantitative estimate of drug-likeness (QED) is 0.376. The molecule has 8 nitrogen and oxygen atoms in total. The Hall–Kier alpha value is -4.46. The lowest BCUT2D eigenvalue weighted by molar-refractivity contribution is 0.0933. The van der Waals surface area contributed by atoms with Crippen molar-refractivity contribution in [1.82, 2.24) is 20.2 Å². The van der Waals surface area contributed by atoms with E-state index in [2.05, 4.69) is 15.6 Å². The molecule has 0 spiro atoms. The highest BCUT2D eigenvalue weighted by atomic mass is 16.3. The minimum atomic E-state index is -0.630. The maximum absolute atomic E-state index is 13.2. The molecule has 0 aliphatic carbocycles. The molecule has 1 atom stereocenters. The third-order valence-electron chi connectivity index (χ3n) is 5.81. The number of furan rings is 1. The fourth-order valence-electron chi connectivity index (χ4n) is 3.74. The van der Waals surface area contributed by atoms with Crippen LogP contribution in [-0.4, -0.2) is 21.4 Å². The van der Waals surface area contributed by atoms with Crippen molar-refractivity contribution in [2.24, 2.45) is 0 Å².